The van der Waals surface area contributed by atoms with Crippen molar-refractivity contribution < 1.29 is 27.9 Å². The van der Waals surface area contributed by atoms with Gasteiger partial charge in [-0.2, -0.15) is 0 Å². The van der Waals surface area contributed by atoms with E-state index in [1.165, 1.54) is 24.1 Å². The molecule has 0 bridgehead atoms. The van der Waals surface area contributed by atoms with Gasteiger partial charge in [-0.05, 0) is 29.8 Å². The number of carbonyl (C=O) groups excluding carboxylic acids is 2. The monoisotopic (exact) mass is 371 g/mol. The minimum Gasteiger partial charge on any atom is -0.494 e. The van der Waals surface area contributed by atoms with E-state index in [1.54, 1.807) is 31.3 Å². The van der Waals surface area contributed by atoms with Gasteiger partial charge in [-0.3, -0.25) is 4.79 Å². The fourth-order valence-electron chi connectivity index (χ4n) is 2.56. The van der Waals surface area contributed by atoms with Crippen molar-refractivity contribution in [2.75, 3.05) is 20.8 Å². The number of hydrogen-bond donors (Lipinski definition) is 0. The molecular formula is C20H18FNO5. The first-order valence-corrected chi connectivity index (χ1v) is 8.20. The number of furan rings is 1. The van der Waals surface area contributed by atoms with Crippen LogP contribution in [0.1, 0.15) is 16.1 Å². The highest BCUT2D eigenvalue weighted by Crippen LogP contribution is 2.20. The Balaban J connectivity index is 1.56. The van der Waals surface area contributed by atoms with Crippen LogP contribution in [0.2, 0.25) is 0 Å². The van der Waals surface area contributed by atoms with Gasteiger partial charge in [-0.25, -0.2) is 9.18 Å². The van der Waals surface area contributed by atoms with Crippen LogP contribution in [0.5, 0.6) is 5.75 Å². The van der Waals surface area contributed by atoms with Crippen LogP contribution < -0.4 is 4.74 Å². The van der Waals surface area contributed by atoms with Crippen molar-refractivity contribution in [3.05, 3.63) is 65.7 Å². The Morgan fingerprint density at radius 2 is 1.93 bits per heavy atom. The number of likely N-dealkylation sites (N-methyl/N-ethyl adjacent to an activating group) is 1. The van der Waals surface area contributed by atoms with E-state index in [4.69, 9.17) is 13.9 Å². The van der Waals surface area contributed by atoms with E-state index in [0.717, 1.165) is 5.39 Å². The van der Waals surface area contributed by atoms with E-state index in [0.29, 0.717) is 11.1 Å². The first-order valence-electron chi connectivity index (χ1n) is 8.20. The van der Waals surface area contributed by atoms with Crippen molar-refractivity contribution >= 4 is 22.8 Å². The molecule has 27 heavy (non-hydrogen) atoms. The minimum atomic E-state index is -0.719. The molecule has 0 unspecified atom stereocenters. The van der Waals surface area contributed by atoms with E-state index in [-0.39, 0.29) is 18.1 Å². The van der Waals surface area contributed by atoms with Crippen molar-refractivity contribution in [3.8, 4) is 5.75 Å². The van der Waals surface area contributed by atoms with Crippen molar-refractivity contribution in [2.24, 2.45) is 0 Å². The summed E-state index contributed by atoms with van der Waals surface area (Å²) in [5, 5.41) is 0.773. The maximum atomic E-state index is 13.7. The minimum absolute atomic E-state index is 0.0314. The SMILES string of the molecule is COc1ccc(CN(C)C(=O)COC(=O)c2cc3ccccc3o2)cc1F. The van der Waals surface area contributed by atoms with Crippen molar-refractivity contribution in [3.63, 3.8) is 0 Å². The number of para-hydroxylation sites is 1. The Labute approximate surface area is 155 Å². The first kappa shape index (κ1) is 18.4. The van der Waals surface area contributed by atoms with Gasteiger partial charge in [0.25, 0.3) is 5.91 Å². The summed E-state index contributed by atoms with van der Waals surface area (Å²) < 4.78 is 29.0. The van der Waals surface area contributed by atoms with Crippen LogP contribution in [-0.4, -0.2) is 37.5 Å². The molecule has 1 aromatic heterocycles. The van der Waals surface area contributed by atoms with E-state index >= 15 is 0 Å². The van der Waals surface area contributed by atoms with E-state index in [2.05, 4.69) is 0 Å². The number of methoxy groups -OCH3 is 1. The Morgan fingerprint density at radius 3 is 2.63 bits per heavy atom. The molecule has 0 aliphatic carbocycles. The normalized spacial score (nSPS) is 10.6. The Morgan fingerprint density at radius 1 is 1.15 bits per heavy atom. The summed E-state index contributed by atoms with van der Waals surface area (Å²) in [6.07, 6.45) is 0. The Bertz CT molecular complexity index is 948. The number of carbonyl (C=O) groups is 2. The van der Waals surface area contributed by atoms with Crippen LogP contribution in [0.15, 0.2) is 52.9 Å². The predicted octanol–water partition coefficient (Wildman–Crippen LogP) is 3.40. The molecule has 0 saturated carbocycles. The number of nitrogens with zero attached hydrogens (tertiary/aromatic N) is 1. The molecule has 0 aliphatic heterocycles. The number of halogens is 1. The summed E-state index contributed by atoms with van der Waals surface area (Å²) in [7, 11) is 2.92. The molecule has 2 aromatic carbocycles. The van der Waals surface area contributed by atoms with E-state index in [9.17, 15) is 14.0 Å². The summed E-state index contributed by atoms with van der Waals surface area (Å²) in [6.45, 7) is -0.271. The lowest BCUT2D eigenvalue weighted by atomic mass is 10.2. The molecule has 140 valence electrons. The Kier molecular flexibility index (Phi) is 5.40. The fourth-order valence-corrected chi connectivity index (χ4v) is 2.56. The first-order chi connectivity index (χ1) is 13.0. The third-order valence-electron chi connectivity index (χ3n) is 4.02. The molecule has 0 fully saturated rings. The number of hydrogen-bond acceptors (Lipinski definition) is 5. The zero-order valence-electron chi connectivity index (χ0n) is 14.9. The van der Waals surface area contributed by atoms with Gasteiger partial charge in [-0.1, -0.05) is 24.3 Å². The molecule has 7 heteroatoms. The Hall–Kier alpha value is -3.35. The maximum absolute atomic E-state index is 13.7. The largest absolute Gasteiger partial charge is 0.494 e. The quantitative estimate of drug-likeness (QED) is 0.621. The van der Waals surface area contributed by atoms with Gasteiger partial charge in [0, 0.05) is 19.0 Å². The van der Waals surface area contributed by atoms with Crippen molar-refractivity contribution in [1.29, 1.82) is 0 Å². The van der Waals surface area contributed by atoms with Gasteiger partial charge >= 0.3 is 5.97 Å². The highest BCUT2D eigenvalue weighted by atomic mass is 19.1. The highest BCUT2D eigenvalue weighted by Gasteiger charge is 2.17. The molecular weight excluding hydrogens is 353 g/mol. The molecule has 0 saturated heterocycles. The average Bonchev–Trinajstić information content (AvgIpc) is 3.10. The molecule has 0 radical (unpaired) electrons. The number of esters is 1. The van der Waals surface area contributed by atoms with Gasteiger partial charge in [0.1, 0.15) is 5.58 Å². The number of rotatable bonds is 6. The highest BCUT2D eigenvalue weighted by molar-refractivity contribution is 5.93. The smallest absolute Gasteiger partial charge is 0.374 e. The van der Waals surface area contributed by atoms with Crippen LogP contribution >= 0.6 is 0 Å². The van der Waals surface area contributed by atoms with E-state index in [1.807, 2.05) is 12.1 Å². The number of amides is 1. The zero-order valence-corrected chi connectivity index (χ0v) is 14.9. The van der Waals surface area contributed by atoms with Gasteiger partial charge in [0.15, 0.2) is 18.2 Å². The number of fused-ring (bicyclic) bond motifs is 1. The molecule has 1 amide bonds. The van der Waals surface area contributed by atoms with Gasteiger partial charge in [0.2, 0.25) is 5.76 Å². The van der Waals surface area contributed by atoms with E-state index < -0.39 is 24.3 Å². The van der Waals surface area contributed by atoms with Crippen LogP contribution in [0.25, 0.3) is 11.0 Å². The van der Waals surface area contributed by atoms with Crippen LogP contribution in [-0.2, 0) is 16.1 Å². The molecule has 0 atom stereocenters. The lowest BCUT2D eigenvalue weighted by Crippen LogP contribution is -2.30. The summed E-state index contributed by atoms with van der Waals surface area (Å²) in [5.74, 6) is -1.48. The van der Waals surface area contributed by atoms with Gasteiger partial charge in [0.05, 0.1) is 7.11 Å². The third kappa shape index (κ3) is 4.25. The number of benzene rings is 2. The molecule has 0 N–H and O–H groups in total. The molecule has 3 rings (SSSR count). The second-order valence-corrected chi connectivity index (χ2v) is 5.94. The molecule has 0 spiro atoms. The lowest BCUT2D eigenvalue weighted by molar-refractivity contribution is -0.133. The lowest BCUT2D eigenvalue weighted by Gasteiger charge is -2.17. The topological polar surface area (TPSA) is 69.0 Å². The molecule has 0 aliphatic rings. The second kappa shape index (κ2) is 7.90. The average molecular weight is 371 g/mol. The zero-order chi connectivity index (χ0) is 19.4. The van der Waals surface area contributed by atoms with Crippen LogP contribution in [0.4, 0.5) is 4.39 Å². The summed E-state index contributed by atoms with van der Waals surface area (Å²) in [6, 6.07) is 13.2. The molecule has 6 nitrogen and oxygen atoms in total. The van der Waals surface area contributed by atoms with Gasteiger partial charge < -0.3 is 18.8 Å². The molecule has 3 aromatic rings. The van der Waals surface area contributed by atoms with Crippen molar-refractivity contribution in [1.82, 2.24) is 4.90 Å². The van der Waals surface area contributed by atoms with Crippen molar-refractivity contribution in [2.45, 2.75) is 6.54 Å². The predicted molar refractivity (Wildman–Crippen MR) is 95.9 cm³/mol. The van der Waals surface area contributed by atoms with Crippen LogP contribution in [0.3, 0.4) is 0 Å². The third-order valence-corrected chi connectivity index (χ3v) is 4.02. The second-order valence-electron chi connectivity index (χ2n) is 5.94. The maximum Gasteiger partial charge on any atom is 0.374 e. The standard InChI is InChI=1S/C20H18FNO5/c1-22(11-13-7-8-17(25-2)15(21)9-13)19(23)12-26-20(24)18-10-14-5-3-4-6-16(14)27-18/h3-10H,11-12H2,1-2H3. The summed E-state index contributed by atoms with van der Waals surface area (Å²) in [5.41, 5.74) is 1.15. The fraction of sp³-hybridized carbons (Fsp3) is 0.200. The number of ether oxygens (including phenoxy) is 2. The summed E-state index contributed by atoms with van der Waals surface area (Å²) in [4.78, 5) is 25.6. The molecule has 1 heterocycles. The summed E-state index contributed by atoms with van der Waals surface area (Å²) >= 11 is 0. The van der Waals surface area contributed by atoms with Crippen LogP contribution in [0, 0.1) is 5.82 Å². The van der Waals surface area contributed by atoms with Gasteiger partial charge in [-0.15, -0.1) is 0 Å².